The lowest BCUT2D eigenvalue weighted by Crippen LogP contribution is -2.61. The molecule has 0 aromatic carbocycles. The molecule has 0 radical (unpaired) electrons. The van der Waals surface area contributed by atoms with Gasteiger partial charge in [-0.15, -0.1) is 0 Å². The molecule has 0 amide bonds. The van der Waals surface area contributed by atoms with Crippen LogP contribution in [0.25, 0.3) is 0 Å². The molecule has 0 saturated carbocycles. The maximum atomic E-state index is 12.3. The van der Waals surface area contributed by atoms with Crippen molar-refractivity contribution in [2.45, 2.75) is 31.7 Å². The molecule has 1 saturated heterocycles. The Balaban J connectivity index is 2.73. The standard InChI is InChI=1S/C7H12F3NO/c1-6(2)5(7(8,9)10)12-4-3-11-6/h5,11H,3-4H2,1-2H3. The normalized spacial score (nSPS) is 30.2. The van der Waals surface area contributed by atoms with Crippen molar-refractivity contribution in [2.24, 2.45) is 0 Å². The number of hydrogen-bond donors (Lipinski definition) is 1. The Hall–Kier alpha value is -0.290. The third kappa shape index (κ3) is 1.90. The summed E-state index contributed by atoms with van der Waals surface area (Å²) in [5.41, 5.74) is -1.02. The molecular weight excluding hydrogens is 171 g/mol. The van der Waals surface area contributed by atoms with E-state index in [9.17, 15) is 13.2 Å². The van der Waals surface area contributed by atoms with Gasteiger partial charge in [0.2, 0.25) is 0 Å². The zero-order valence-corrected chi connectivity index (χ0v) is 7.03. The van der Waals surface area contributed by atoms with Crippen LogP contribution in [-0.2, 0) is 4.74 Å². The number of halogens is 3. The van der Waals surface area contributed by atoms with Crippen LogP contribution in [0.4, 0.5) is 13.2 Å². The van der Waals surface area contributed by atoms with E-state index in [0.29, 0.717) is 6.54 Å². The molecule has 72 valence electrons. The first-order chi connectivity index (χ1) is 5.34. The van der Waals surface area contributed by atoms with Crippen molar-refractivity contribution in [3.05, 3.63) is 0 Å². The lowest BCUT2D eigenvalue weighted by molar-refractivity contribution is -0.249. The van der Waals surface area contributed by atoms with Crippen LogP contribution in [0.1, 0.15) is 13.8 Å². The van der Waals surface area contributed by atoms with E-state index in [1.807, 2.05) is 0 Å². The molecule has 0 aromatic heterocycles. The highest BCUT2D eigenvalue weighted by Crippen LogP contribution is 2.32. The van der Waals surface area contributed by atoms with E-state index >= 15 is 0 Å². The molecule has 0 aliphatic carbocycles. The molecule has 0 aromatic rings. The molecular formula is C7H12F3NO. The molecule has 12 heavy (non-hydrogen) atoms. The van der Waals surface area contributed by atoms with Gasteiger partial charge >= 0.3 is 6.18 Å². The Kier molecular flexibility index (Phi) is 2.35. The van der Waals surface area contributed by atoms with Gasteiger partial charge < -0.3 is 10.1 Å². The summed E-state index contributed by atoms with van der Waals surface area (Å²) in [4.78, 5) is 0. The minimum atomic E-state index is -4.28. The second-order valence-electron chi connectivity index (χ2n) is 3.44. The minimum absolute atomic E-state index is 0.119. The van der Waals surface area contributed by atoms with Crippen LogP contribution >= 0.6 is 0 Å². The number of hydrogen-bond acceptors (Lipinski definition) is 2. The summed E-state index contributed by atoms with van der Waals surface area (Å²) in [6.07, 6.45) is -5.98. The Morgan fingerprint density at radius 3 is 2.33 bits per heavy atom. The average Bonchev–Trinajstić information content (AvgIpc) is 1.83. The summed E-state index contributed by atoms with van der Waals surface area (Å²) in [7, 11) is 0. The lowest BCUT2D eigenvalue weighted by Gasteiger charge is -2.40. The fourth-order valence-electron chi connectivity index (χ4n) is 1.35. The molecule has 1 aliphatic rings. The minimum Gasteiger partial charge on any atom is -0.366 e. The summed E-state index contributed by atoms with van der Waals surface area (Å²) in [5.74, 6) is 0. The smallest absolute Gasteiger partial charge is 0.366 e. The van der Waals surface area contributed by atoms with Crippen molar-refractivity contribution >= 4 is 0 Å². The molecule has 1 atom stereocenters. The molecule has 2 nitrogen and oxygen atoms in total. The first-order valence-electron chi connectivity index (χ1n) is 3.77. The van der Waals surface area contributed by atoms with E-state index < -0.39 is 17.8 Å². The second kappa shape index (κ2) is 2.88. The van der Waals surface area contributed by atoms with Gasteiger partial charge in [-0.1, -0.05) is 0 Å². The summed E-state index contributed by atoms with van der Waals surface area (Å²) in [5, 5.41) is 2.77. The molecule has 5 heteroatoms. The highest BCUT2D eigenvalue weighted by molar-refractivity contribution is 4.94. The molecule has 1 aliphatic heterocycles. The number of nitrogens with one attached hydrogen (secondary N) is 1. The molecule has 1 rings (SSSR count). The number of alkyl halides is 3. The van der Waals surface area contributed by atoms with Crippen LogP contribution < -0.4 is 5.32 Å². The van der Waals surface area contributed by atoms with Crippen LogP contribution in [0, 0.1) is 0 Å². The molecule has 1 fully saturated rings. The predicted molar refractivity (Wildman–Crippen MR) is 37.9 cm³/mol. The van der Waals surface area contributed by atoms with E-state index in [0.717, 1.165) is 0 Å². The zero-order valence-electron chi connectivity index (χ0n) is 7.03. The predicted octanol–water partition coefficient (Wildman–Crippen LogP) is 1.32. The van der Waals surface area contributed by atoms with Crippen molar-refractivity contribution in [3.63, 3.8) is 0 Å². The van der Waals surface area contributed by atoms with Crippen molar-refractivity contribution in [1.29, 1.82) is 0 Å². The van der Waals surface area contributed by atoms with Crippen LogP contribution in [0.15, 0.2) is 0 Å². The highest BCUT2D eigenvalue weighted by atomic mass is 19.4. The van der Waals surface area contributed by atoms with E-state index in [2.05, 4.69) is 10.1 Å². The van der Waals surface area contributed by atoms with Gasteiger partial charge in [0.25, 0.3) is 0 Å². The van der Waals surface area contributed by atoms with Gasteiger partial charge in [-0.2, -0.15) is 13.2 Å². The van der Waals surface area contributed by atoms with Crippen molar-refractivity contribution in [3.8, 4) is 0 Å². The van der Waals surface area contributed by atoms with Gasteiger partial charge in [-0.3, -0.25) is 0 Å². The van der Waals surface area contributed by atoms with Gasteiger partial charge in [0, 0.05) is 12.1 Å². The number of morpholine rings is 1. The van der Waals surface area contributed by atoms with Crippen LogP contribution in [0.2, 0.25) is 0 Å². The maximum Gasteiger partial charge on any atom is 0.416 e. The number of ether oxygens (including phenoxy) is 1. The van der Waals surface area contributed by atoms with Crippen molar-refractivity contribution in [1.82, 2.24) is 5.32 Å². The monoisotopic (exact) mass is 183 g/mol. The second-order valence-corrected chi connectivity index (χ2v) is 3.44. The quantitative estimate of drug-likeness (QED) is 0.611. The highest BCUT2D eigenvalue weighted by Gasteiger charge is 2.51. The Morgan fingerprint density at radius 1 is 1.42 bits per heavy atom. The van der Waals surface area contributed by atoms with Crippen molar-refractivity contribution < 1.29 is 17.9 Å². The first kappa shape index (κ1) is 9.80. The summed E-state index contributed by atoms with van der Waals surface area (Å²) in [6.45, 7) is 3.57. The fourth-order valence-corrected chi connectivity index (χ4v) is 1.35. The molecule has 1 heterocycles. The SMILES string of the molecule is CC1(C)NCCOC1C(F)(F)F. The van der Waals surface area contributed by atoms with E-state index in [1.165, 1.54) is 13.8 Å². The van der Waals surface area contributed by atoms with Gasteiger partial charge in [0.1, 0.15) is 0 Å². The summed E-state index contributed by atoms with van der Waals surface area (Å²) >= 11 is 0. The third-order valence-corrected chi connectivity index (χ3v) is 1.92. The maximum absolute atomic E-state index is 12.3. The Bertz CT molecular complexity index is 167. The Labute approximate surface area is 69.1 Å². The topological polar surface area (TPSA) is 21.3 Å². The Morgan fingerprint density at radius 2 is 2.00 bits per heavy atom. The van der Waals surface area contributed by atoms with Gasteiger partial charge in [-0.25, -0.2) is 0 Å². The fraction of sp³-hybridized carbons (Fsp3) is 1.00. The van der Waals surface area contributed by atoms with Crippen LogP contribution in [0.3, 0.4) is 0 Å². The lowest BCUT2D eigenvalue weighted by atomic mass is 9.95. The van der Waals surface area contributed by atoms with E-state index in [-0.39, 0.29) is 6.61 Å². The molecule has 1 unspecified atom stereocenters. The van der Waals surface area contributed by atoms with Gasteiger partial charge in [0.15, 0.2) is 6.10 Å². The van der Waals surface area contributed by atoms with Gasteiger partial charge in [-0.05, 0) is 13.8 Å². The zero-order chi connectivity index (χ0) is 9.41. The largest absolute Gasteiger partial charge is 0.416 e. The van der Waals surface area contributed by atoms with Crippen molar-refractivity contribution in [2.75, 3.05) is 13.2 Å². The summed E-state index contributed by atoms with van der Waals surface area (Å²) in [6, 6.07) is 0. The summed E-state index contributed by atoms with van der Waals surface area (Å²) < 4.78 is 41.5. The van der Waals surface area contributed by atoms with E-state index in [1.54, 1.807) is 0 Å². The molecule has 1 N–H and O–H groups in total. The first-order valence-corrected chi connectivity index (χ1v) is 3.77. The third-order valence-electron chi connectivity index (χ3n) is 1.92. The molecule has 0 bridgehead atoms. The number of rotatable bonds is 0. The van der Waals surface area contributed by atoms with E-state index in [4.69, 9.17) is 0 Å². The van der Waals surface area contributed by atoms with Crippen LogP contribution in [-0.4, -0.2) is 31.0 Å². The molecule has 0 spiro atoms. The van der Waals surface area contributed by atoms with Gasteiger partial charge in [0.05, 0.1) is 6.61 Å². The average molecular weight is 183 g/mol. The van der Waals surface area contributed by atoms with Crippen LogP contribution in [0.5, 0.6) is 0 Å².